The number of epoxide rings is 1. The van der Waals surface area contributed by atoms with Crippen LogP contribution in [0.15, 0.2) is 47.6 Å². The first kappa shape index (κ1) is 32.7. The van der Waals surface area contributed by atoms with Gasteiger partial charge in [-0.1, -0.05) is 62.8 Å². The Labute approximate surface area is 239 Å². The lowest BCUT2D eigenvalue weighted by molar-refractivity contribution is -0.352. The topological polar surface area (TPSA) is 129 Å². The number of fused-ring (bicyclic) bond motifs is 3. The van der Waals surface area contributed by atoms with Crippen molar-refractivity contribution < 1.29 is 39.4 Å². The van der Waals surface area contributed by atoms with Crippen LogP contribution in [-0.2, 0) is 19.0 Å². The van der Waals surface area contributed by atoms with Gasteiger partial charge in [0.05, 0.1) is 18.3 Å². The van der Waals surface area contributed by atoms with Crippen LogP contribution in [-0.4, -0.2) is 75.4 Å². The highest BCUT2D eigenvalue weighted by Crippen LogP contribution is 2.36. The fourth-order valence-corrected chi connectivity index (χ4v) is 5.79. The molecule has 0 aromatic rings. The van der Waals surface area contributed by atoms with Crippen LogP contribution in [0.1, 0.15) is 79.6 Å². The molecule has 3 aliphatic heterocycles. The molecule has 0 amide bonds. The fourth-order valence-electron chi connectivity index (χ4n) is 5.79. The highest BCUT2D eigenvalue weighted by atomic mass is 16.7. The van der Waals surface area contributed by atoms with Crippen molar-refractivity contribution in [1.29, 1.82) is 0 Å². The SMILES string of the molecule is C=C1/C=C(\C)[C@H](C)C[C@@H](O)C[C@@H](O)[C@@]2(O)O[C@@H](COC(=O)/C(C)=C/CC/C=C/[C@H]3O[C@H]3C[C@@H](C)C1)C[C@@H](C)[C@@H]2O. The van der Waals surface area contributed by atoms with Gasteiger partial charge in [-0.25, -0.2) is 4.79 Å². The highest BCUT2D eigenvalue weighted by Gasteiger charge is 2.52. The summed E-state index contributed by atoms with van der Waals surface area (Å²) in [5.74, 6) is -2.76. The third-order valence-electron chi connectivity index (χ3n) is 8.46. The fraction of sp³-hybridized carbons (Fsp3) is 0.719. The zero-order valence-corrected chi connectivity index (χ0v) is 24.8. The third-order valence-corrected chi connectivity index (χ3v) is 8.46. The highest BCUT2D eigenvalue weighted by molar-refractivity contribution is 5.87. The van der Waals surface area contributed by atoms with Crippen molar-refractivity contribution in [1.82, 2.24) is 0 Å². The summed E-state index contributed by atoms with van der Waals surface area (Å²) in [6, 6.07) is 0. The molecule has 0 aromatic carbocycles. The molecule has 226 valence electrons. The average Bonchev–Trinajstić information content (AvgIpc) is 3.61. The predicted octanol–water partition coefficient (Wildman–Crippen LogP) is 4.12. The number of aliphatic hydroxyl groups is 4. The Morgan fingerprint density at radius 1 is 1.02 bits per heavy atom. The molecule has 4 N–H and O–H groups in total. The van der Waals surface area contributed by atoms with Crippen LogP contribution in [0.2, 0.25) is 0 Å². The molecule has 3 rings (SSSR count). The summed E-state index contributed by atoms with van der Waals surface area (Å²) in [4.78, 5) is 12.5. The monoisotopic (exact) mass is 562 g/mol. The van der Waals surface area contributed by atoms with Gasteiger partial charge in [-0.15, -0.1) is 0 Å². The number of ether oxygens (including phenoxy) is 3. The lowest BCUT2D eigenvalue weighted by atomic mass is 9.83. The first-order valence-electron chi connectivity index (χ1n) is 14.8. The van der Waals surface area contributed by atoms with Gasteiger partial charge in [0, 0.05) is 12.0 Å². The molecule has 2 bridgehead atoms. The molecule has 0 radical (unpaired) electrons. The maximum absolute atomic E-state index is 12.5. The largest absolute Gasteiger partial charge is 0.460 e. The number of carbonyl (C=O) groups is 1. The Hall–Kier alpha value is -1.81. The van der Waals surface area contributed by atoms with Crippen LogP contribution in [0.5, 0.6) is 0 Å². The molecule has 8 heteroatoms. The van der Waals surface area contributed by atoms with E-state index in [1.165, 1.54) is 0 Å². The van der Waals surface area contributed by atoms with Crippen LogP contribution < -0.4 is 0 Å². The summed E-state index contributed by atoms with van der Waals surface area (Å²) < 4.78 is 17.0. The standard InChI is InChI=1S/C32H50O8/c1-19-12-20(2)14-28-27(39-28)11-9-7-8-10-21(3)31(36)38-18-26-16-24(6)30(35)32(37,40-26)29(34)17-25(33)15-23(5)22(4)13-19/h9-11,13,20,23-30,33-35,37H,1,7-8,12,14-18H2,2-6H3/b11-9+,21-10+,22-13+/t20-,23+,24+,25+,26+,27+,28-,29+,30-,32+/m0/s1. The molecule has 0 aromatic heterocycles. The van der Waals surface area contributed by atoms with E-state index in [0.29, 0.717) is 30.8 Å². The van der Waals surface area contributed by atoms with E-state index in [9.17, 15) is 25.2 Å². The number of allylic oxidation sites excluding steroid dienone is 5. The Balaban J connectivity index is 1.73. The molecule has 10 atom stereocenters. The Morgan fingerprint density at radius 3 is 2.48 bits per heavy atom. The van der Waals surface area contributed by atoms with Gasteiger partial charge in [0.15, 0.2) is 0 Å². The molecule has 2 saturated heterocycles. The Kier molecular flexibility index (Phi) is 11.8. The minimum atomic E-state index is -2.29. The number of hydrogen-bond acceptors (Lipinski definition) is 8. The maximum Gasteiger partial charge on any atom is 0.333 e. The quantitative estimate of drug-likeness (QED) is 0.197. The molecule has 3 aliphatic rings. The van der Waals surface area contributed by atoms with Crippen LogP contribution in [0.25, 0.3) is 0 Å². The summed E-state index contributed by atoms with van der Waals surface area (Å²) in [7, 11) is 0. The van der Waals surface area contributed by atoms with E-state index in [2.05, 4.69) is 31.7 Å². The molecule has 2 fully saturated rings. The number of rotatable bonds is 0. The van der Waals surface area contributed by atoms with Gasteiger partial charge in [-0.3, -0.25) is 0 Å². The molecule has 0 aliphatic carbocycles. The van der Waals surface area contributed by atoms with Crippen LogP contribution in [0, 0.1) is 17.8 Å². The molecule has 40 heavy (non-hydrogen) atoms. The van der Waals surface area contributed by atoms with Crippen molar-refractivity contribution in [3.05, 3.63) is 47.6 Å². The van der Waals surface area contributed by atoms with Crippen molar-refractivity contribution in [3.63, 3.8) is 0 Å². The van der Waals surface area contributed by atoms with Crippen molar-refractivity contribution in [2.45, 2.75) is 122 Å². The number of cyclic esters (lactones) is 1. The molecular weight excluding hydrogens is 512 g/mol. The normalized spacial score (nSPS) is 44.9. The summed E-state index contributed by atoms with van der Waals surface area (Å²) in [5, 5.41) is 43.6. The molecule has 3 heterocycles. The second kappa shape index (κ2) is 14.4. The second-order valence-electron chi connectivity index (χ2n) is 12.4. The van der Waals surface area contributed by atoms with E-state index in [4.69, 9.17) is 14.2 Å². The first-order valence-corrected chi connectivity index (χ1v) is 14.8. The minimum absolute atomic E-state index is 0.0132. The van der Waals surface area contributed by atoms with Gasteiger partial charge in [0.2, 0.25) is 5.79 Å². The average molecular weight is 563 g/mol. The van der Waals surface area contributed by atoms with E-state index in [0.717, 1.165) is 30.4 Å². The van der Waals surface area contributed by atoms with E-state index >= 15 is 0 Å². The van der Waals surface area contributed by atoms with Crippen molar-refractivity contribution in [2.75, 3.05) is 6.61 Å². The number of hydrogen-bond donors (Lipinski definition) is 4. The molecule has 0 unspecified atom stereocenters. The van der Waals surface area contributed by atoms with Gasteiger partial charge in [-0.2, -0.15) is 0 Å². The lowest BCUT2D eigenvalue weighted by Crippen LogP contribution is -2.62. The number of esters is 1. The second-order valence-corrected chi connectivity index (χ2v) is 12.4. The Morgan fingerprint density at radius 2 is 1.75 bits per heavy atom. The maximum atomic E-state index is 12.5. The van der Waals surface area contributed by atoms with Crippen molar-refractivity contribution in [2.24, 2.45) is 17.8 Å². The molecule has 8 nitrogen and oxygen atoms in total. The molecular formula is C32H50O8. The summed E-state index contributed by atoms with van der Waals surface area (Å²) >= 11 is 0. The Bertz CT molecular complexity index is 970. The smallest absolute Gasteiger partial charge is 0.333 e. The van der Waals surface area contributed by atoms with Gasteiger partial charge < -0.3 is 34.6 Å². The van der Waals surface area contributed by atoms with E-state index < -0.39 is 42.1 Å². The molecule has 0 spiro atoms. The van der Waals surface area contributed by atoms with Gasteiger partial charge >= 0.3 is 5.97 Å². The number of carbonyl (C=O) groups excluding carboxylic acids is 1. The van der Waals surface area contributed by atoms with Crippen molar-refractivity contribution in [3.8, 4) is 0 Å². The zero-order valence-electron chi connectivity index (χ0n) is 24.8. The summed E-state index contributed by atoms with van der Waals surface area (Å²) in [5.41, 5.74) is 2.58. The van der Waals surface area contributed by atoms with Crippen molar-refractivity contribution >= 4 is 5.97 Å². The zero-order chi connectivity index (χ0) is 29.6. The van der Waals surface area contributed by atoms with Crippen LogP contribution in [0.4, 0.5) is 0 Å². The van der Waals surface area contributed by atoms with E-state index in [-0.39, 0.29) is 31.2 Å². The lowest BCUT2D eigenvalue weighted by Gasteiger charge is -2.46. The molecule has 0 saturated carbocycles. The summed E-state index contributed by atoms with van der Waals surface area (Å²) in [6.07, 6.45) is 7.70. The van der Waals surface area contributed by atoms with E-state index in [1.54, 1.807) is 13.8 Å². The third kappa shape index (κ3) is 9.10. The predicted molar refractivity (Wildman–Crippen MR) is 153 cm³/mol. The van der Waals surface area contributed by atoms with Crippen LogP contribution >= 0.6 is 0 Å². The van der Waals surface area contributed by atoms with Gasteiger partial charge in [0.1, 0.15) is 24.9 Å². The summed E-state index contributed by atoms with van der Waals surface area (Å²) in [6.45, 7) is 13.8. The van der Waals surface area contributed by atoms with Gasteiger partial charge in [0.25, 0.3) is 0 Å². The first-order chi connectivity index (χ1) is 18.8. The van der Waals surface area contributed by atoms with Gasteiger partial charge in [-0.05, 0) is 70.1 Å². The van der Waals surface area contributed by atoms with E-state index in [1.807, 2.05) is 19.9 Å². The van der Waals surface area contributed by atoms with Crippen LogP contribution in [0.3, 0.4) is 0 Å². The number of aliphatic hydroxyl groups excluding tert-OH is 3. The minimum Gasteiger partial charge on any atom is -0.460 e.